The van der Waals surface area contributed by atoms with Gasteiger partial charge in [-0.25, -0.2) is 0 Å². The molecule has 1 aromatic heterocycles. The number of benzene rings is 2. The Labute approximate surface area is 159 Å². The fourth-order valence-electron chi connectivity index (χ4n) is 3.38. The summed E-state index contributed by atoms with van der Waals surface area (Å²) in [5.74, 6) is -0.883. The average Bonchev–Trinajstić information content (AvgIpc) is 3.21. The second-order valence-electron chi connectivity index (χ2n) is 6.48. The number of halogens is 1. The highest BCUT2D eigenvalue weighted by Gasteiger charge is 2.32. The Kier molecular flexibility index (Phi) is 3.89. The minimum absolute atomic E-state index is 0.0588. The number of hydrogen-bond acceptors (Lipinski definition) is 4. The number of aromatic nitrogens is 2. The third-order valence-corrected chi connectivity index (χ3v) is 5.04. The highest BCUT2D eigenvalue weighted by molar-refractivity contribution is 6.35. The van der Waals surface area contributed by atoms with Gasteiger partial charge in [0.2, 0.25) is 5.91 Å². The Hall–Kier alpha value is -3.32. The van der Waals surface area contributed by atoms with Gasteiger partial charge in [-0.2, -0.15) is 5.10 Å². The summed E-state index contributed by atoms with van der Waals surface area (Å²) < 4.78 is 0. The van der Waals surface area contributed by atoms with Gasteiger partial charge in [-0.3, -0.25) is 14.7 Å². The zero-order chi connectivity index (χ0) is 19.3. The van der Waals surface area contributed by atoms with Crippen LogP contribution in [0.1, 0.15) is 15.9 Å². The lowest BCUT2D eigenvalue weighted by molar-refractivity contribution is -0.114. The normalized spacial score (nSPS) is 13.2. The number of fused-ring (bicyclic) bond motifs is 2. The van der Waals surface area contributed by atoms with E-state index < -0.39 is 5.91 Å². The summed E-state index contributed by atoms with van der Waals surface area (Å²) in [6.45, 7) is 4.00. The number of anilines is 1. The van der Waals surface area contributed by atoms with E-state index in [1.165, 1.54) is 4.90 Å². The summed E-state index contributed by atoms with van der Waals surface area (Å²) in [7, 11) is 0. The lowest BCUT2D eigenvalue weighted by Gasteiger charge is -2.15. The van der Waals surface area contributed by atoms with Crippen molar-refractivity contribution in [3.8, 4) is 11.1 Å². The van der Waals surface area contributed by atoms with Crippen LogP contribution in [0.5, 0.6) is 0 Å². The molecule has 136 valence electrons. The highest BCUT2D eigenvalue weighted by atomic mass is 35.5. The summed E-state index contributed by atoms with van der Waals surface area (Å²) >= 11 is 6.36. The molecular formula is C19H16ClN5O2. The molecule has 0 spiro atoms. The van der Waals surface area contributed by atoms with Gasteiger partial charge in [-0.05, 0) is 34.9 Å². The molecule has 0 aliphatic carbocycles. The molecule has 7 nitrogen and oxygen atoms in total. The van der Waals surface area contributed by atoms with Gasteiger partial charge >= 0.3 is 0 Å². The summed E-state index contributed by atoms with van der Waals surface area (Å²) in [6.07, 6.45) is 1.69. The van der Waals surface area contributed by atoms with E-state index in [2.05, 4.69) is 16.8 Å². The van der Waals surface area contributed by atoms with Crippen molar-refractivity contribution in [2.75, 3.05) is 12.3 Å². The number of nitrogens with one attached hydrogen (secondary N) is 1. The first-order valence-electron chi connectivity index (χ1n) is 8.18. The van der Waals surface area contributed by atoms with Crippen molar-refractivity contribution in [2.45, 2.75) is 6.54 Å². The minimum Gasteiger partial charge on any atom is -0.398 e. The molecule has 4 rings (SSSR count). The van der Waals surface area contributed by atoms with Crippen LogP contribution in [0.25, 0.3) is 22.0 Å². The van der Waals surface area contributed by atoms with Crippen molar-refractivity contribution >= 4 is 40.0 Å². The third kappa shape index (κ3) is 2.72. The van der Waals surface area contributed by atoms with Crippen LogP contribution >= 0.6 is 11.6 Å². The van der Waals surface area contributed by atoms with Crippen molar-refractivity contribution < 1.29 is 9.59 Å². The molecule has 1 aliphatic heterocycles. The molecule has 0 unspecified atom stereocenters. The Morgan fingerprint density at radius 2 is 2.15 bits per heavy atom. The second kappa shape index (κ2) is 6.14. The van der Waals surface area contributed by atoms with E-state index in [4.69, 9.17) is 23.1 Å². The first-order chi connectivity index (χ1) is 12.9. The Morgan fingerprint density at radius 3 is 2.89 bits per heavy atom. The molecule has 1 aliphatic rings. The van der Waals surface area contributed by atoms with Gasteiger partial charge in [-0.1, -0.05) is 24.2 Å². The van der Waals surface area contributed by atoms with E-state index in [1.807, 2.05) is 18.2 Å². The van der Waals surface area contributed by atoms with Gasteiger partial charge in [0.15, 0.2) is 0 Å². The molecule has 0 fully saturated rings. The number of primary amides is 1. The van der Waals surface area contributed by atoms with Crippen LogP contribution in [0.2, 0.25) is 5.02 Å². The zero-order valence-corrected chi connectivity index (χ0v) is 15.0. The SMILES string of the molecule is C=C(CN1Cc2c(-c3cc(Cl)c4[nH]ncc4c3)ccc(N)c2C1=O)C(N)=O. The molecule has 0 saturated heterocycles. The summed E-state index contributed by atoms with van der Waals surface area (Å²) in [5, 5.41) is 8.27. The van der Waals surface area contributed by atoms with Gasteiger partial charge in [0.1, 0.15) is 0 Å². The van der Waals surface area contributed by atoms with Crippen LogP contribution in [0.15, 0.2) is 42.6 Å². The molecule has 0 radical (unpaired) electrons. The molecule has 5 N–H and O–H groups in total. The first-order valence-corrected chi connectivity index (χ1v) is 8.56. The van der Waals surface area contributed by atoms with Crippen molar-refractivity contribution in [3.63, 3.8) is 0 Å². The van der Waals surface area contributed by atoms with E-state index in [1.54, 1.807) is 12.3 Å². The summed E-state index contributed by atoms with van der Waals surface area (Å²) in [5.41, 5.74) is 15.6. The van der Waals surface area contributed by atoms with Gasteiger partial charge in [0, 0.05) is 23.2 Å². The third-order valence-electron chi connectivity index (χ3n) is 4.74. The van der Waals surface area contributed by atoms with Crippen LogP contribution in [0, 0.1) is 0 Å². The minimum atomic E-state index is -0.635. The van der Waals surface area contributed by atoms with Crippen molar-refractivity contribution in [2.24, 2.45) is 5.73 Å². The van der Waals surface area contributed by atoms with Crippen molar-refractivity contribution in [1.82, 2.24) is 15.1 Å². The predicted molar refractivity (Wildman–Crippen MR) is 104 cm³/mol. The number of amides is 2. The number of carbonyl (C=O) groups excluding carboxylic acids is 2. The molecule has 2 amide bonds. The zero-order valence-electron chi connectivity index (χ0n) is 14.3. The summed E-state index contributed by atoms with van der Waals surface area (Å²) in [6, 6.07) is 7.34. The van der Waals surface area contributed by atoms with Gasteiger partial charge in [0.05, 0.1) is 28.8 Å². The lowest BCUT2D eigenvalue weighted by atomic mass is 9.95. The molecule has 3 aromatic rings. The highest BCUT2D eigenvalue weighted by Crippen LogP contribution is 2.38. The van der Waals surface area contributed by atoms with Crippen LogP contribution in [0.3, 0.4) is 0 Å². The number of nitrogens with two attached hydrogens (primary N) is 2. The first kappa shape index (κ1) is 17.1. The quantitative estimate of drug-likeness (QED) is 0.475. The Morgan fingerprint density at radius 1 is 1.37 bits per heavy atom. The Balaban J connectivity index is 1.81. The van der Waals surface area contributed by atoms with E-state index in [0.29, 0.717) is 22.8 Å². The van der Waals surface area contributed by atoms with Crippen LogP contribution in [-0.2, 0) is 11.3 Å². The fraction of sp³-hybridized carbons (Fsp3) is 0.105. The number of nitrogen functional groups attached to an aromatic ring is 1. The number of nitrogens with zero attached hydrogens (tertiary/aromatic N) is 2. The fourth-order valence-corrected chi connectivity index (χ4v) is 3.65. The van der Waals surface area contributed by atoms with Gasteiger partial charge < -0.3 is 16.4 Å². The van der Waals surface area contributed by atoms with E-state index in [9.17, 15) is 9.59 Å². The Bertz CT molecular complexity index is 1130. The molecular weight excluding hydrogens is 366 g/mol. The predicted octanol–water partition coefficient (Wildman–Crippen LogP) is 2.46. The lowest BCUT2D eigenvalue weighted by Crippen LogP contribution is -2.30. The van der Waals surface area contributed by atoms with Crippen LogP contribution in [-0.4, -0.2) is 33.5 Å². The molecule has 2 heterocycles. The van der Waals surface area contributed by atoms with Gasteiger partial charge in [0.25, 0.3) is 5.91 Å². The van der Waals surface area contributed by atoms with Gasteiger partial charge in [-0.15, -0.1) is 0 Å². The smallest absolute Gasteiger partial charge is 0.256 e. The maximum atomic E-state index is 12.8. The summed E-state index contributed by atoms with van der Waals surface area (Å²) in [4.78, 5) is 25.6. The maximum Gasteiger partial charge on any atom is 0.256 e. The number of hydrogen-bond donors (Lipinski definition) is 3. The number of carbonyl (C=O) groups is 2. The van der Waals surface area contributed by atoms with E-state index >= 15 is 0 Å². The number of H-pyrrole nitrogens is 1. The van der Waals surface area contributed by atoms with Crippen molar-refractivity contribution in [1.29, 1.82) is 0 Å². The molecule has 0 bridgehead atoms. The van der Waals surface area contributed by atoms with E-state index in [0.717, 1.165) is 27.6 Å². The number of aromatic amines is 1. The molecule has 2 aromatic carbocycles. The molecule has 8 heteroatoms. The van der Waals surface area contributed by atoms with Crippen molar-refractivity contribution in [3.05, 3.63) is 58.8 Å². The van der Waals surface area contributed by atoms with Crippen LogP contribution < -0.4 is 11.5 Å². The average molecular weight is 382 g/mol. The second-order valence-corrected chi connectivity index (χ2v) is 6.88. The molecule has 27 heavy (non-hydrogen) atoms. The monoisotopic (exact) mass is 381 g/mol. The van der Waals surface area contributed by atoms with Crippen LogP contribution in [0.4, 0.5) is 5.69 Å². The largest absolute Gasteiger partial charge is 0.398 e. The topological polar surface area (TPSA) is 118 Å². The molecule has 0 saturated carbocycles. The number of rotatable bonds is 4. The standard InChI is InChI=1S/C19H16ClN5O2/c1-9(18(22)26)7-25-8-13-12(2-3-15(21)16(13)19(25)27)10-4-11-6-23-24-17(11)14(20)5-10/h2-6H,1,7-8,21H2,(H2,22,26)(H,23,24). The molecule has 0 atom stereocenters. The maximum absolute atomic E-state index is 12.8. The van der Waals surface area contributed by atoms with E-state index in [-0.39, 0.29) is 18.0 Å².